The van der Waals surface area contributed by atoms with Crippen molar-refractivity contribution in [1.29, 1.82) is 0 Å². The highest BCUT2D eigenvalue weighted by Crippen LogP contribution is 2.10. The van der Waals surface area contributed by atoms with Gasteiger partial charge in [-0.2, -0.15) is 10.2 Å². The third-order valence-electron chi connectivity index (χ3n) is 2.14. The SMILES string of the molecule is CCCNC(COCC)c1ccnnc1. The van der Waals surface area contributed by atoms with Crippen molar-refractivity contribution in [2.24, 2.45) is 0 Å². The molecule has 0 aromatic carbocycles. The van der Waals surface area contributed by atoms with Gasteiger partial charge in [-0.1, -0.05) is 6.92 Å². The van der Waals surface area contributed by atoms with Crippen LogP contribution in [0.5, 0.6) is 0 Å². The third kappa shape index (κ3) is 4.36. The number of hydrogen-bond acceptors (Lipinski definition) is 4. The van der Waals surface area contributed by atoms with Crippen molar-refractivity contribution in [3.05, 3.63) is 24.0 Å². The maximum absolute atomic E-state index is 5.44. The molecule has 0 spiro atoms. The van der Waals surface area contributed by atoms with Crippen molar-refractivity contribution in [2.45, 2.75) is 26.3 Å². The monoisotopic (exact) mass is 209 g/mol. The molecule has 1 rings (SSSR count). The Bertz CT molecular complexity index is 245. The van der Waals surface area contributed by atoms with Gasteiger partial charge in [-0.3, -0.25) is 0 Å². The lowest BCUT2D eigenvalue weighted by molar-refractivity contribution is 0.123. The molecule has 1 atom stereocenters. The van der Waals surface area contributed by atoms with Crippen molar-refractivity contribution in [3.8, 4) is 0 Å². The zero-order valence-corrected chi connectivity index (χ0v) is 9.44. The van der Waals surface area contributed by atoms with E-state index >= 15 is 0 Å². The summed E-state index contributed by atoms with van der Waals surface area (Å²) in [6, 6.07) is 2.19. The fourth-order valence-corrected chi connectivity index (χ4v) is 1.33. The van der Waals surface area contributed by atoms with Crippen LogP contribution in [0.25, 0.3) is 0 Å². The van der Waals surface area contributed by atoms with Gasteiger partial charge >= 0.3 is 0 Å². The van der Waals surface area contributed by atoms with Crippen LogP contribution in [0.1, 0.15) is 31.9 Å². The second kappa shape index (κ2) is 7.31. The zero-order chi connectivity index (χ0) is 10.9. The van der Waals surface area contributed by atoms with Gasteiger partial charge in [-0.25, -0.2) is 0 Å². The first-order valence-electron chi connectivity index (χ1n) is 5.46. The van der Waals surface area contributed by atoms with E-state index in [-0.39, 0.29) is 6.04 Å². The molecule has 1 aromatic rings. The lowest BCUT2D eigenvalue weighted by Crippen LogP contribution is -2.26. The number of nitrogens with zero attached hydrogens (tertiary/aromatic N) is 2. The molecule has 1 aromatic heterocycles. The number of aromatic nitrogens is 2. The lowest BCUT2D eigenvalue weighted by atomic mass is 10.1. The van der Waals surface area contributed by atoms with Crippen LogP contribution in [0.3, 0.4) is 0 Å². The highest BCUT2D eigenvalue weighted by atomic mass is 16.5. The van der Waals surface area contributed by atoms with Crippen molar-refractivity contribution in [2.75, 3.05) is 19.8 Å². The molecule has 0 fully saturated rings. The molecule has 84 valence electrons. The Morgan fingerprint density at radius 3 is 2.87 bits per heavy atom. The minimum atomic E-state index is 0.223. The third-order valence-corrected chi connectivity index (χ3v) is 2.14. The molecular formula is C11H19N3O. The quantitative estimate of drug-likeness (QED) is 0.740. The fourth-order valence-electron chi connectivity index (χ4n) is 1.33. The van der Waals surface area contributed by atoms with E-state index in [1.807, 2.05) is 13.0 Å². The second-order valence-electron chi connectivity index (χ2n) is 3.34. The van der Waals surface area contributed by atoms with Crippen LogP contribution in [-0.2, 0) is 4.74 Å². The largest absolute Gasteiger partial charge is 0.380 e. The molecule has 0 aliphatic rings. The number of rotatable bonds is 7. The highest BCUT2D eigenvalue weighted by Gasteiger charge is 2.10. The summed E-state index contributed by atoms with van der Waals surface area (Å²) in [6.45, 7) is 6.56. The van der Waals surface area contributed by atoms with Gasteiger partial charge < -0.3 is 10.1 Å². The summed E-state index contributed by atoms with van der Waals surface area (Å²) >= 11 is 0. The molecule has 0 aliphatic carbocycles. The predicted molar refractivity (Wildman–Crippen MR) is 59.6 cm³/mol. The average molecular weight is 209 g/mol. The van der Waals surface area contributed by atoms with Crippen LogP contribution in [0, 0.1) is 0 Å². The molecule has 0 aliphatic heterocycles. The van der Waals surface area contributed by atoms with Crippen LogP contribution in [-0.4, -0.2) is 30.0 Å². The summed E-state index contributed by atoms with van der Waals surface area (Å²) in [5, 5.41) is 11.1. The summed E-state index contributed by atoms with van der Waals surface area (Å²) in [5.74, 6) is 0. The highest BCUT2D eigenvalue weighted by molar-refractivity contribution is 5.11. The first kappa shape index (κ1) is 12.1. The van der Waals surface area contributed by atoms with Crippen molar-refractivity contribution >= 4 is 0 Å². The van der Waals surface area contributed by atoms with Crippen molar-refractivity contribution < 1.29 is 4.74 Å². The van der Waals surface area contributed by atoms with Gasteiger partial charge in [-0.15, -0.1) is 0 Å². The van der Waals surface area contributed by atoms with E-state index in [4.69, 9.17) is 4.74 Å². The molecular weight excluding hydrogens is 190 g/mol. The molecule has 15 heavy (non-hydrogen) atoms. The number of ether oxygens (including phenoxy) is 1. The van der Waals surface area contributed by atoms with E-state index < -0.39 is 0 Å². The van der Waals surface area contributed by atoms with Gasteiger partial charge in [0.05, 0.1) is 18.8 Å². The molecule has 0 saturated carbocycles. The van der Waals surface area contributed by atoms with Gasteiger partial charge in [0, 0.05) is 12.8 Å². The first-order chi connectivity index (χ1) is 7.38. The van der Waals surface area contributed by atoms with E-state index in [2.05, 4.69) is 22.4 Å². The Morgan fingerprint density at radius 1 is 1.40 bits per heavy atom. The van der Waals surface area contributed by atoms with Gasteiger partial charge in [0.25, 0.3) is 0 Å². The van der Waals surface area contributed by atoms with Crippen LogP contribution >= 0.6 is 0 Å². The minimum absolute atomic E-state index is 0.223. The molecule has 1 unspecified atom stereocenters. The molecule has 4 nitrogen and oxygen atoms in total. The van der Waals surface area contributed by atoms with E-state index in [1.165, 1.54) is 0 Å². The lowest BCUT2D eigenvalue weighted by Gasteiger charge is -2.17. The summed E-state index contributed by atoms with van der Waals surface area (Å²) < 4.78 is 5.44. The normalized spacial score (nSPS) is 12.7. The maximum atomic E-state index is 5.44. The Balaban J connectivity index is 2.55. The molecule has 0 amide bonds. The van der Waals surface area contributed by atoms with Crippen LogP contribution in [0.2, 0.25) is 0 Å². The fraction of sp³-hybridized carbons (Fsp3) is 0.636. The molecule has 4 heteroatoms. The Kier molecular flexibility index (Phi) is 5.88. The Labute approximate surface area is 91.1 Å². The van der Waals surface area contributed by atoms with E-state index in [1.54, 1.807) is 12.4 Å². The standard InChI is InChI=1S/C11H19N3O/c1-3-6-12-11(9-15-4-2)10-5-7-13-14-8-10/h5,7-8,11-12H,3-4,6,9H2,1-2H3. The number of nitrogens with one attached hydrogen (secondary N) is 1. The Morgan fingerprint density at radius 2 is 2.27 bits per heavy atom. The molecule has 1 N–H and O–H groups in total. The summed E-state index contributed by atoms with van der Waals surface area (Å²) in [7, 11) is 0. The van der Waals surface area contributed by atoms with Crippen molar-refractivity contribution in [3.63, 3.8) is 0 Å². The molecule has 0 saturated heterocycles. The second-order valence-corrected chi connectivity index (χ2v) is 3.34. The van der Waals surface area contributed by atoms with Gasteiger partial charge in [0.15, 0.2) is 0 Å². The predicted octanol–water partition coefficient (Wildman–Crippen LogP) is 1.55. The summed E-state index contributed by atoms with van der Waals surface area (Å²) in [4.78, 5) is 0. The topological polar surface area (TPSA) is 47.0 Å². The van der Waals surface area contributed by atoms with E-state index in [9.17, 15) is 0 Å². The maximum Gasteiger partial charge on any atom is 0.0661 e. The van der Waals surface area contributed by atoms with Crippen LogP contribution < -0.4 is 5.32 Å². The van der Waals surface area contributed by atoms with E-state index in [0.717, 1.165) is 25.1 Å². The van der Waals surface area contributed by atoms with Gasteiger partial charge in [0.1, 0.15) is 0 Å². The van der Waals surface area contributed by atoms with E-state index in [0.29, 0.717) is 6.61 Å². The average Bonchev–Trinajstić information content (AvgIpc) is 2.30. The summed E-state index contributed by atoms with van der Waals surface area (Å²) in [6.07, 6.45) is 4.61. The van der Waals surface area contributed by atoms with Crippen LogP contribution in [0.15, 0.2) is 18.5 Å². The molecule has 0 bridgehead atoms. The zero-order valence-electron chi connectivity index (χ0n) is 9.44. The molecule has 0 radical (unpaired) electrons. The van der Waals surface area contributed by atoms with Gasteiger partial charge in [-0.05, 0) is 31.5 Å². The Hall–Kier alpha value is -1.00. The smallest absolute Gasteiger partial charge is 0.0661 e. The van der Waals surface area contributed by atoms with Crippen molar-refractivity contribution in [1.82, 2.24) is 15.5 Å². The number of hydrogen-bond donors (Lipinski definition) is 1. The first-order valence-corrected chi connectivity index (χ1v) is 5.46. The van der Waals surface area contributed by atoms with Crippen LogP contribution in [0.4, 0.5) is 0 Å². The minimum Gasteiger partial charge on any atom is -0.380 e. The van der Waals surface area contributed by atoms with Gasteiger partial charge in [0.2, 0.25) is 0 Å². The molecule has 1 heterocycles. The summed E-state index contributed by atoms with van der Waals surface area (Å²) in [5.41, 5.74) is 1.13.